The standard InChI is InChI=1S/C11H18N6O3/c12-6-2-1-3-8(11(19)20)15-10(18)5-4-9-16-13-7-14-17-9/h7-8H,1-6,12H2,(H,15,18)(H,19,20). The first-order valence-corrected chi connectivity index (χ1v) is 6.35. The van der Waals surface area contributed by atoms with Crippen LogP contribution in [0, 0.1) is 0 Å². The number of carbonyl (C=O) groups excluding carboxylic acids is 1. The number of carboxylic acid groups (broad SMARTS) is 1. The van der Waals surface area contributed by atoms with Crippen molar-refractivity contribution >= 4 is 11.9 Å². The Morgan fingerprint density at radius 1 is 1.30 bits per heavy atom. The van der Waals surface area contributed by atoms with E-state index in [2.05, 4.69) is 25.7 Å². The molecule has 110 valence electrons. The zero-order valence-electron chi connectivity index (χ0n) is 11.0. The van der Waals surface area contributed by atoms with Gasteiger partial charge < -0.3 is 16.2 Å². The Morgan fingerprint density at radius 3 is 2.60 bits per heavy atom. The van der Waals surface area contributed by atoms with Crippen LogP contribution in [0.3, 0.4) is 0 Å². The van der Waals surface area contributed by atoms with E-state index in [-0.39, 0.29) is 18.7 Å². The molecule has 1 atom stereocenters. The van der Waals surface area contributed by atoms with Crippen LogP contribution in [0.15, 0.2) is 6.33 Å². The third-order valence-corrected chi connectivity index (χ3v) is 2.61. The number of carboxylic acids is 1. The largest absolute Gasteiger partial charge is 0.480 e. The number of hydrogen-bond acceptors (Lipinski definition) is 7. The van der Waals surface area contributed by atoms with Crippen molar-refractivity contribution in [2.45, 2.75) is 38.1 Å². The molecule has 0 saturated carbocycles. The highest BCUT2D eigenvalue weighted by molar-refractivity contribution is 5.83. The molecule has 0 aliphatic carbocycles. The van der Waals surface area contributed by atoms with E-state index in [1.807, 2.05) is 0 Å². The molecule has 0 aromatic carbocycles. The predicted molar refractivity (Wildman–Crippen MR) is 68.4 cm³/mol. The molecule has 0 saturated heterocycles. The summed E-state index contributed by atoms with van der Waals surface area (Å²) in [4.78, 5) is 22.7. The van der Waals surface area contributed by atoms with Gasteiger partial charge in [-0.2, -0.15) is 0 Å². The predicted octanol–water partition coefficient (Wildman–Crippen LogP) is -1.10. The van der Waals surface area contributed by atoms with Gasteiger partial charge >= 0.3 is 5.97 Å². The van der Waals surface area contributed by atoms with Gasteiger partial charge in [0.1, 0.15) is 6.04 Å². The molecule has 1 unspecified atom stereocenters. The average molecular weight is 282 g/mol. The number of nitrogens with one attached hydrogen (secondary N) is 1. The lowest BCUT2D eigenvalue weighted by molar-refractivity contribution is -0.142. The minimum absolute atomic E-state index is 0.0913. The van der Waals surface area contributed by atoms with Crippen LogP contribution >= 0.6 is 0 Å². The van der Waals surface area contributed by atoms with E-state index in [0.29, 0.717) is 25.2 Å². The number of rotatable bonds is 9. The number of nitrogens with two attached hydrogens (primary N) is 1. The number of hydrogen-bond donors (Lipinski definition) is 3. The number of carbonyl (C=O) groups is 2. The van der Waals surface area contributed by atoms with Crippen LogP contribution in [0.25, 0.3) is 0 Å². The van der Waals surface area contributed by atoms with Crippen molar-refractivity contribution in [3.05, 3.63) is 12.2 Å². The Hall–Kier alpha value is -2.16. The molecule has 1 aromatic rings. The lowest BCUT2D eigenvalue weighted by Crippen LogP contribution is -2.40. The van der Waals surface area contributed by atoms with E-state index in [0.717, 1.165) is 6.42 Å². The third-order valence-electron chi connectivity index (χ3n) is 2.61. The van der Waals surface area contributed by atoms with Crippen LogP contribution in [0.4, 0.5) is 0 Å². The van der Waals surface area contributed by atoms with Gasteiger partial charge in [-0.1, -0.05) is 0 Å². The van der Waals surface area contributed by atoms with E-state index >= 15 is 0 Å². The average Bonchev–Trinajstić information content (AvgIpc) is 2.45. The quantitative estimate of drug-likeness (QED) is 0.484. The Kier molecular flexibility index (Phi) is 7.04. The minimum Gasteiger partial charge on any atom is -0.480 e. The van der Waals surface area contributed by atoms with Gasteiger partial charge in [-0.05, 0) is 25.8 Å². The van der Waals surface area contributed by atoms with E-state index in [1.165, 1.54) is 6.33 Å². The lowest BCUT2D eigenvalue weighted by atomic mass is 10.1. The van der Waals surface area contributed by atoms with Gasteiger partial charge in [-0.25, -0.2) is 4.79 Å². The molecule has 1 amide bonds. The fourth-order valence-electron chi connectivity index (χ4n) is 1.57. The van der Waals surface area contributed by atoms with Crippen molar-refractivity contribution < 1.29 is 14.7 Å². The normalized spacial score (nSPS) is 11.8. The maximum atomic E-state index is 11.7. The summed E-state index contributed by atoms with van der Waals surface area (Å²) in [6.45, 7) is 0.506. The minimum atomic E-state index is -1.05. The monoisotopic (exact) mass is 282 g/mol. The molecule has 0 spiro atoms. The van der Waals surface area contributed by atoms with E-state index in [9.17, 15) is 9.59 Å². The summed E-state index contributed by atoms with van der Waals surface area (Å²) in [5.74, 6) is -1.06. The fourth-order valence-corrected chi connectivity index (χ4v) is 1.57. The summed E-state index contributed by atoms with van der Waals surface area (Å²) in [6, 6.07) is -0.887. The smallest absolute Gasteiger partial charge is 0.326 e. The number of amides is 1. The number of unbranched alkanes of at least 4 members (excludes halogenated alkanes) is 1. The zero-order chi connectivity index (χ0) is 14.8. The van der Waals surface area contributed by atoms with E-state index in [4.69, 9.17) is 10.8 Å². The molecule has 4 N–H and O–H groups in total. The number of aromatic nitrogens is 4. The first-order chi connectivity index (χ1) is 9.63. The molecule has 9 heteroatoms. The second kappa shape index (κ2) is 8.86. The molecule has 9 nitrogen and oxygen atoms in total. The van der Waals surface area contributed by atoms with Crippen molar-refractivity contribution in [3.63, 3.8) is 0 Å². The van der Waals surface area contributed by atoms with Crippen LogP contribution in [-0.4, -0.2) is 50.0 Å². The Balaban J connectivity index is 2.36. The van der Waals surface area contributed by atoms with E-state index in [1.54, 1.807) is 0 Å². The van der Waals surface area contributed by atoms with Crippen LogP contribution in [0.5, 0.6) is 0 Å². The number of nitrogens with zero attached hydrogens (tertiary/aromatic N) is 4. The third kappa shape index (κ3) is 6.14. The summed E-state index contributed by atoms with van der Waals surface area (Å²) in [5, 5.41) is 26.0. The van der Waals surface area contributed by atoms with Crippen LogP contribution in [0.1, 0.15) is 31.5 Å². The second-order valence-corrected chi connectivity index (χ2v) is 4.21. The SMILES string of the molecule is NCCCCC(NC(=O)CCc1nncnn1)C(=O)O. The summed E-state index contributed by atoms with van der Waals surface area (Å²) >= 11 is 0. The molecule has 1 heterocycles. The van der Waals surface area contributed by atoms with Gasteiger partial charge in [0.25, 0.3) is 0 Å². The molecule has 1 aromatic heterocycles. The van der Waals surface area contributed by atoms with Gasteiger partial charge in [0.2, 0.25) is 5.91 Å². The summed E-state index contributed by atoms with van der Waals surface area (Å²) in [6.07, 6.45) is 3.30. The van der Waals surface area contributed by atoms with Crippen molar-refractivity contribution in [1.29, 1.82) is 0 Å². The van der Waals surface area contributed by atoms with Gasteiger partial charge in [0, 0.05) is 12.8 Å². The molecule has 1 rings (SSSR count). The van der Waals surface area contributed by atoms with Crippen LogP contribution < -0.4 is 11.1 Å². The van der Waals surface area contributed by atoms with E-state index < -0.39 is 12.0 Å². The molecule has 0 bridgehead atoms. The van der Waals surface area contributed by atoms with Crippen molar-refractivity contribution in [2.24, 2.45) is 5.73 Å². The molecule has 0 aliphatic heterocycles. The van der Waals surface area contributed by atoms with Gasteiger partial charge in [-0.15, -0.1) is 20.4 Å². The molecule has 20 heavy (non-hydrogen) atoms. The Morgan fingerprint density at radius 2 is 2.00 bits per heavy atom. The molecular formula is C11H18N6O3. The topological polar surface area (TPSA) is 144 Å². The molecular weight excluding hydrogens is 264 g/mol. The van der Waals surface area contributed by atoms with Gasteiger partial charge in [0.15, 0.2) is 12.2 Å². The first kappa shape index (κ1) is 15.9. The Bertz CT molecular complexity index is 427. The zero-order valence-corrected chi connectivity index (χ0v) is 11.0. The van der Waals surface area contributed by atoms with Gasteiger partial charge in [-0.3, -0.25) is 4.79 Å². The molecule has 0 aliphatic rings. The van der Waals surface area contributed by atoms with Gasteiger partial charge in [0.05, 0.1) is 0 Å². The second-order valence-electron chi connectivity index (χ2n) is 4.21. The van der Waals surface area contributed by atoms with Crippen molar-refractivity contribution in [1.82, 2.24) is 25.7 Å². The first-order valence-electron chi connectivity index (χ1n) is 6.35. The summed E-state index contributed by atoms with van der Waals surface area (Å²) in [7, 11) is 0. The summed E-state index contributed by atoms with van der Waals surface area (Å²) in [5.41, 5.74) is 5.34. The van der Waals surface area contributed by atoms with Crippen LogP contribution in [-0.2, 0) is 16.0 Å². The molecule has 0 fully saturated rings. The molecule has 0 radical (unpaired) electrons. The number of aryl methyl sites for hydroxylation is 1. The van der Waals surface area contributed by atoms with Crippen molar-refractivity contribution in [2.75, 3.05) is 6.54 Å². The van der Waals surface area contributed by atoms with Crippen LogP contribution in [0.2, 0.25) is 0 Å². The summed E-state index contributed by atoms with van der Waals surface area (Å²) < 4.78 is 0. The van der Waals surface area contributed by atoms with Crippen molar-refractivity contribution in [3.8, 4) is 0 Å². The highest BCUT2D eigenvalue weighted by atomic mass is 16.4. The number of aliphatic carboxylic acids is 1. The lowest BCUT2D eigenvalue weighted by Gasteiger charge is -2.13. The highest BCUT2D eigenvalue weighted by Crippen LogP contribution is 2.02. The maximum absolute atomic E-state index is 11.7. The maximum Gasteiger partial charge on any atom is 0.326 e. The fraction of sp³-hybridized carbons (Fsp3) is 0.636. The Labute approximate surface area is 116 Å². The highest BCUT2D eigenvalue weighted by Gasteiger charge is 2.19.